The van der Waals surface area contributed by atoms with Crippen LogP contribution in [0.25, 0.3) is 0 Å². The summed E-state index contributed by atoms with van der Waals surface area (Å²) in [7, 11) is -4.25. The SMILES string of the molecule is C=C(COc1ccc(P(=O)(O)O)cc1)C(=O)N(CC)CC. The van der Waals surface area contributed by atoms with Crippen molar-refractivity contribution in [1.82, 2.24) is 4.90 Å². The predicted octanol–water partition coefficient (Wildman–Crippen LogP) is 1.29. The van der Waals surface area contributed by atoms with Gasteiger partial charge in [0.1, 0.15) is 12.4 Å². The fourth-order valence-electron chi connectivity index (χ4n) is 1.70. The number of likely N-dealkylation sites (N-methyl/N-ethyl adjacent to an activating group) is 1. The Hall–Kier alpha value is -1.62. The van der Waals surface area contributed by atoms with Crippen LogP contribution in [0.1, 0.15) is 13.8 Å². The first-order valence-corrected chi connectivity index (χ1v) is 8.16. The highest BCUT2D eigenvalue weighted by Gasteiger charge is 2.17. The van der Waals surface area contributed by atoms with Gasteiger partial charge in [-0.15, -0.1) is 0 Å². The minimum Gasteiger partial charge on any atom is -0.489 e. The second-order valence-corrected chi connectivity index (χ2v) is 6.01. The van der Waals surface area contributed by atoms with Crippen molar-refractivity contribution in [2.24, 2.45) is 0 Å². The maximum Gasteiger partial charge on any atom is 0.356 e. The number of benzene rings is 1. The van der Waals surface area contributed by atoms with Crippen LogP contribution >= 0.6 is 7.60 Å². The van der Waals surface area contributed by atoms with E-state index in [-0.39, 0.29) is 17.8 Å². The smallest absolute Gasteiger partial charge is 0.356 e. The number of carbonyl (C=O) groups excluding carboxylic acids is 1. The Morgan fingerprint density at radius 1 is 1.24 bits per heavy atom. The molecule has 0 aliphatic heterocycles. The Bertz CT molecular complexity index is 545. The molecule has 1 amide bonds. The molecule has 0 saturated carbocycles. The van der Waals surface area contributed by atoms with E-state index in [2.05, 4.69) is 6.58 Å². The summed E-state index contributed by atoms with van der Waals surface area (Å²) in [5.74, 6) is 0.257. The van der Waals surface area contributed by atoms with Gasteiger partial charge in [0.05, 0.1) is 5.30 Å². The molecule has 0 spiro atoms. The lowest BCUT2D eigenvalue weighted by molar-refractivity contribution is -0.127. The van der Waals surface area contributed by atoms with E-state index in [1.807, 2.05) is 13.8 Å². The van der Waals surface area contributed by atoms with E-state index < -0.39 is 7.60 Å². The van der Waals surface area contributed by atoms with Crippen molar-refractivity contribution in [1.29, 1.82) is 0 Å². The van der Waals surface area contributed by atoms with Crippen molar-refractivity contribution >= 4 is 18.8 Å². The third-order valence-electron chi connectivity index (χ3n) is 2.94. The van der Waals surface area contributed by atoms with Crippen LogP contribution in [0.4, 0.5) is 0 Å². The van der Waals surface area contributed by atoms with E-state index in [9.17, 15) is 9.36 Å². The second kappa shape index (κ2) is 7.41. The molecule has 0 heterocycles. The lowest BCUT2D eigenvalue weighted by atomic mass is 10.2. The fraction of sp³-hybridized carbons (Fsp3) is 0.357. The Kier molecular flexibility index (Phi) is 6.15. The Balaban J connectivity index is 2.61. The summed E-state index contributed by atoms with van der Waals surface area (Å²) in [5.41, 5.74) is 0.331. The predicted molar refractivity (Wildman–Crippen MR) is 80.7 cm³/mol. The molecular weight excluding hydrogens is 293 g/mol. The largest absolute Gasteiger partial charge is 0.489 e. The minimum absolute atomic E-state index is 0.0323. The Morgan fingerprint density at radius 3 is 2.19 bits per heavy atom. The zero-order valence-electron chi connectivity index (χ0n) is 12.2. The third-order valence-corrected chi connectivity index (χ3v) is 3.91. The van der Waals surface area contributed by atoms with Crippen molar-refractivity contribution in [3.63, 3.8) is 0 Å². The van der Waals surface area contributed by atoms with E-state index in [1.165, 1.54) is 24.3 Å². The highest BCUT2D eigenvalue weighted by atomic mass is 31.2. The third kappa shape index (κ3) is 5.01. The van der Waals surface area contributed by atoms with Crippen molar-refractivity contribution < 1.29 is 23.9 Å². The van der Waals surface area contributed by atoms with Gasteiger partial charge in [-0.05, 0) is 38.1 Å². The average molecular weight is 313 g/mol. The van der Waals surface area contributed by atoms with Gasteiger partial charge >= 0.3 is 7.60 Å². The molecule has 1 aromatic carbocycles. The summed E-state index contributed by atoms with van der Waals surface area (Å²) < 4.78 is 16.4. The van der Waals surface area contributed by atoms with E-state index >= 15 is 0 Å². The Labute approximate surface area is 124 Å². The van der Waals surface area contributed by atoms with Crippen molar-refractivity contribution in [3.8, 4) is 5.75 Å². The van der Waals surface area contributed by atoms with Crippen LogP contribution in [-0.2, 0) is 9.36 Å². The van der Waals surface area contributed by atoms with Gasteiger partial charge in [0.25, 0.3) is 5.91 Å². The maximum absolute atomic E-state index is 12.0. The molecule has 0 bridgehead atoms. The van der Waals surface area contributed by atoms with E-state index in [4.69, 9.17) is 14.5 Å². The van der Waals surface area contributed by atoms with Crippen LogP contribution in [0.3, 0.4) is 0 Å². The lowest BCUT2D eigenvalue weighted by Crippen LogP contribution is -2.32. The van der Waals surface area contributed by atoms with Crippen molar-refractivity contribution in [2.45, 2.75) is 13.8 Å². The van der Waals surface area contributed by atoms with E-state index in [1.54, 1.807) is 4.90 Å². The zero-order valence-corrected chi connectivity index (χ0v) is 13.0. The lowest BCUT2D eigenvalue weighted by Gasteiger charge is -2.20. The molecule has 1 rings (SSSR count). The number of carbonyl (C=O) groups is 1. The minimum atomic E-state index is -4.25. The van der Waals surface area contributed by atoms with Crippen LogP contribution in [-0.4, -0.2) is 40.3 Å². The van der Waals surface area contributed by atoms with Crippen LogP contribution < -0.4 is 10.0 Å². The standard InChI is InChI=1S/C14H20NO5P/c1-4-15(5-2)14(16)11(3)10-20-12-6-8-13(9-7-12)21(17,18)19/h6-9H,3-5,10H2,1-2H3,(H2,17,18,19). The van der Waals surface area contributed by atoms with Gasteiger partial charge in [-0.3, -0.25) is 9.36 Å². The van der Waals surface area contributed by atoms with Gasteiger partial charge in [0.15, 0.2) is 0 Å². The van der Waals surface area contributed by atoms with Crippen LogP contribution in [0.5, 0.6) is 5.75 Å². The highest BCUT2D eigenvalue weighted by Crippen LogP contribution is 2.33. The topological polar surface area (TPSA) is 87.1 Å². The van der Waals surface area contributed by atoms with Gasteiger partial charge in [-0.25, -0.2) is 0 Å². The Morgan fingerprint density at radius 2 is 1.76 bits per heavy atom. The van der Waals surface area contributed by atoms with E-state index in [0.717, 1.165) is 0 Å². The fourth-order valence-corrected chi connectivity index (χ4v) is 2.24. The number of rotatable bonds is 7. The van der Waals surface area contributed by atoms with Gasteiger partial charge in [0.2, 0.25) is 0 Å². The first-order valence-electron chi connectivity index (χ1n) is 6.55. The second-order valence-electron chi connectivity index (χ2n) is 4.41. The number of nitrogens with zero attached hydrogens (tertiary/aromatic N) is 1. The molecule has 0 aromatic heterocycles. The number of hydrogen-bond acceptors (Lipinski definition) is 3. The molecule has 21 heavy (non-hydrogen) atoms. The highest BCUT2D eigenvalue weighted by molar-refractivity contribution is 7.60. The van der Waals surface area contributed by atoms with Crippen molar-refractivity contribution in [2.75, 3.05) is 19.7 Å². The van der Waals surface area contributed by atoms with Crippen LogP contribution in [0.2, 0.25) is 0 Å². The molecule has 7 heteroatoms. The molecule has 6 nitrogen and oxygen atoms in total. The molecule has 0 aliphatic rings. The average Bonchev–Trinajstić information content (AvgIpc) is 2.45. The molecule has 0 atom stereocenters. The van der Waals surface area contributed by atoms with Crippen LogP contribution in [0.15, 0.2) is 36.4 Å². The van der Waals surface area contributed by atoms with Gasteiger partial charge in [-0.1, -0.05) is 6.58 Å². The number of ether oxygens (including phenoxy) is 1. The van der Waals surface area contributed by atoms with E-state index in [0.29, 0.717) is 24.4 Å². The van der Waals surface area contributed by atoms with Crippen LogP contribution in [0, 0.1) is 0 Å². The normalized spacial score (nSPS) is 11.0. The summed E-state index contributed by atoms with van der Waals surface area (Å²) in [4.78, 5) is 31.6. The molecule has 0 saturated heterocycles. The molecule has 2 N–H and O–H groups in total. The molecule has 0 fully saturated rings. The quantitative estimate of drug-likeness (QED) is 0.585. The summed E-state index contributed by atoms with van der Waals surface area (Å²) in [6.45, 7) is 8.71. The molecule has 1 aromatic rings. The molecule has 0 radical (unpaired) electrons. The summed E-state index contributed by atoms with van der Waals surface area (Å²) in [6.07, 6.45) is 0. The number of amides is 1. The summed E-state index contributed by atoms with van der Waals surface area (Å²) in [6, 6.07) is 5.49. The molecule has 0 aliphatic carbocycles. The molecule has 0 unspecified atom stereocenters. The zero-order chi connectivity index (χ0) is 16.0. The summed E-state index contributed by atoms with van der Waals surface area (Å²) in [5, 5.41) is -0.0760. The number of hydrogen-bond donors (Lipinski definition) is 2. The first kappa shape index (κ1) is 17.4. The van der Waals surface area contributed by atoms with Gasteiger partial charge in [0, 0.05) is 18.7 Å². The molecule has 116 valence electrons. The molecular formula is C14H20NO5P. The maximum atomic E-state index is 12.0. The van der Waals surface area contributed by atoms with Crippen molar-refractivity contribution in [3.05, 3.63) is 36.4 Å². The summed E-state index contributed by atoms with van der Waals surface area (Å²) >= 11 is 0. The van der Waals surface area contributed by atoms with Gasteiger partial charge in [-0.2, -0.15) is 0 Å². The monoisotopic (exact) mass is 313 g/mol. The van der Waals surface area contributed by atoms with Gasteiger partial charge < -0.3 is 19.4 Å². The first-order chi connectivity index (χ1) is 9.79.